The lowest BCUT2D eigenvalue weighted by Crippen LogP contribution is -2.22. The summed E-state index contributed by atoms with van der Waals surface area (Å²) in [6.45, 7) is 1.48. The SMILES string of the molecule is O=C(NCc1[c]c(OCCCOc2cccc(-c3ccccc3)c2)ccc1)c1ccccc1. The van der Waals surface area contributed by atoms with Gasteiger partial charge in [-0.05, 0) is 47.0 Å². The normalized spacial score (nSPS) is 10.4. The number of hydrogen-bond donors (Lipinski definition) is 1. The van der Waals surface area contributed by atoms with Crippen LogP contribution in [0.25, 0.3) is 11.1 Å². The summed E-state index contributed by atoms with van der Waals surface area (Å²) >= 11 is 0. The van der Waals surface area contributed by atoms with Gasteiger partial charge in [-0.1, -0.05) is 72.8 Å². The van der Waals surface area contributed by atoms with Crippen molar-refractivity contribution in [1.29, 1.82) is 0 Å². The average Bonchev–Trinajstić information content (AvgIpc) is 2.88. The van der Waals surface area contributed by atoms with E-state index < -0.39 is 0 Å². The Hall–Kier alpha value is -4.05. The fourth-order valence-electron chi connectivity index (χ4n) is 3.37. The van der Waals surface area contributed by atoms with Crippen molar-refractivity contribution >= 4 is 5.91 Å². The lowest BCUT2D eigenvalue weighted by Gasteiger charge is -2.10. The third kappa shape index (κ3) is 6.71. The summed E-state index contributed by atoms with van der Waals surface area (Å²) in [6, 6.07) is 36.4. The van der Waals surface area contributed by atoms with Gasteiger partial charge < -0.3 is 14.8 Å². The van der Waals surface area contributed by atoms with Crippen LogP contribution >= 0.6 is 0 Å². The largest absolute Gasteiger partial charge is 0.493 e. The summed E-state index contributed by atoms with van der Waals surface area (Å²) in [5.74, 6) is 1.40. The molecule has 4 aromatic carbocycles. The van der Waals surface area contributed by atoms with Gasteiger partial charge in [0.15, 0.2) is 0 Å². The standard InChI is InChI=1S/C29H26NO3/c31-29(25-13-5-2-6-14-25)30-22-23-10-7-16-27(20-23)32-18-9-19-33-28-17-8-15-26(21-28)24-11-3-1-4-12-24/h1-8,10-17,21H,9,18-19,22H2,(H,30,31). The van der Waals surface area contributed by atoms with Crippen LogP contribution in [0.4, 0.5) is 0 Å². The summed E-state index contributed by atoms with van der Waals surface area (Å²) in [6.07, 6.45) is 0.748. The number of nitrogens with one attached hydrogen (secondary N) is 1. The first kappa shape index (κ1) is 22.2. The Balaban J connectivity index is 1.20. The van der Waals surface area contributed by atoms with Crippen LogP contribution in [-0.4, -0.2) is 19.1 Å². The molecule has 0 aliphatic rings. The van der Waals surface area contributed by atoms with Gasteiger partial charge in [0.2, 0.25) is 0 Å². The highest BCUT2D eigenvalue weighted by Crippen LogP contribution is 2.23. The zero-order chi connectivity index (χ0) is 22.7. The highest BCUT2D eigenvalue weighted by Gasteiger charge is 2.05. The van der Waals surface area contributed by atoms with Gasteiger partial charge in [-0.15, -0.1) is 0 Å². The van der Waals surface area contributed by atoms with Crippen molar-refractivity contribution in [3.05, 3.63) is 120 Å². The molecule has 0 atom stereocenters. The molecule has 0 aromatic heterocycles. The highest BCUT2D eigenvalue weighted by atomic mass is 16.5. The predicted molar refractivity (Wildman–Crippen MR) is 130 cm³/mol. The van der Waals surface area contributed by atoms with Gasteiger partial charge in [-0.2, -0.15) is 0 Å². The number of amides is 1. The Morgan fingerprint density at radius 2 is 1.42 bits per heavy atom. The molecule has 4 nitrogen and oxygen atoms in total. The van der Waals surface area contributed by atoms with E-state index in [0.29, 0.717) is 31.1 Å². The summed E-state index contributed by atoms with van der Waals surface area (Å²) < 4.78 is 11.7. The minimum Gasteiger partial charge on any atom is -0.493 e. The molecule has 4 heteroatoms. The predicted octanol–water partition coefficient (Wildman–Crippen LogP) is 5.93. The second-order valence-corrected chi connectivity index (χ2v) is 7.53. The Bertz CT molecular complexity index is 1160. The molecule has 165 valence electrons. The zero-order valence-electron chi connectivity index (χ0n) is 18.4. The quantitative estimate of drug-likeness (QED) is 0.313. The molecule has 0 spiro atoms. The van der Waals surface area contributed by atoms with Crippen molar-refractivity contribution in [3.63, 3.8) is 0 Å². The molecule has 0 fully saturated rings. The number of ether oxygens (including phenoxy) is 2. The van der Waals surface area contributed by atoms with Gasteiger partial charge in [-0.25, -0.2) is 0 Å². The third-order valence-electron chi connectivity index (χ3n) is 5.06. The number of benzene rings is 4. The van der Waals surface area contributed by atoms with Crippen molar-refractivity contribution in [2.75, 3.05) is 13.2 Å². The van der Waals surface area contributed by atoms with E-state index in [4.69, 9.17) is 9.47 Å². The Morgan fingerprint density at radius 3 is 2.24 bits per heavy atom. The molecule has 1 amide bonds. The topological polar surface area (TPSA) is 47.6 Å². The molecule has 0 saturated heterocycles. The molecule has 0 unspecified atom stereocenters. The summed E-state index contributed by atoms with van der Waals surface area (Å²) in [5, 5.41) is 2.91. The van der Waals surface area contributed by atoms with E-state index in [1.165, 1.54) is 5.56 Å². The number of carbonyl (C=O) groups excluding carboxylic acids is 1. The van der Waals surface area contributed by atoms with Crippen LogP contribution in [0.2, 0.25) is 0 Å². The molecular formula is C29H26NO3. The van der Waals surface area contributed by atoms with Crippen LogP contribution in [0.15, 0.2) is 103 Å². The Kier molecular flexibility index (Phi) is 7.74. The molecule has 1 N–H and O–H groups in total. The fraction of sp³-hybridized carbons (Fsp3) is 0.138. The van der Waals surface area contributed by atoms with Gasteiger partial charge in [0, 0.05) is 24.6 Å². The van der Waals surface area contributed by atoms with Crippen LogP contribution < -0.4 is 14.8 Å². The van der Waals surface area contributed by atoms with Crippen LogP contribution in [-0.2, 0) is 6.54 Å². The first-order valence-electron chi connectivity index (χ1n) is 11.0. The van der Waals surface area contributed by atoms with Crippen molar-refractivity contribution in [2.24, 2.45) is 0 Å². The van der Waals surface area contributed by atoms with Crippen molar-refractivity contribution in [2.45, 2.75) is 13.0 Å². The van der Waals surface area contributed by atoms with Gasteiger partial charge >= 0.3 is 0 Å². The van der Waals surface area contributed by atoms with Crippen LogP contribution in [0, 0.1) is 6.07 Å². The molecule has 0 aliphatic heterocycles. The first-order valence-corrected chi connectivity index (χ1v) is 11.0. The number of rotatable bonds is 10. The lowest BCUT2D eigenvalue weighted by molar-refractivity contribution is 0.0951. The maximum atomic E-state index is 12.2. The lowest BCUT2D eigenvalue weighted by atomic mass is 10.1. The van der Waals surface area contributed by atoms with Gasteiger partial charge in [0.1, 0.15) is 11.5 Å². The molecule has 0 aliphatic carbocycles. The molecule has 33 heavy (non-hydrogen) atoms. The highest BCUT2D eigenvalue weighted by molar-refractivity contribution is 5.94. The summed E-state index contributed by atoms with van der Waals surface area (Å²) in [7, 11) is 0. The number of hydrogen-bond acceptors (Lipinski definition) is 3. The van der Waals surface area contributed by atoms with Crippen molar-refractivity contribution < 1.29 is 14.3 Å². The minimum absolute atomic E-state index is 0.108. The Morgan fingerprint density at radius 1 is 0.727 bits per heavy atom. The smallest absolute Gasteiger partial charge is 0.251 e. The molecule has 1 radical (unpaired) electrons. The monoisotopic (exact) mass is 436 g/mol. The molecule has 0 heterocycles. The van der Waals surface area contributed by atoms with Gasteiger partial charge in [0.05, 0.1) is 13.2 Å². The second-order valence-electron chi connectivity index (χ2n) is 7.53. The minimum atomic E-state index is -0.108. The van der Waals surface area contributed by atoms with Crippen LogP contribution in [0.1, 0.15) is 22.3 Å². The first-order chi connectivity index (χ1) is 16.3. The van der Waals surface area contributed by atoms with Gasteiger partial charge in [-0.3, -0.25) is 4.79 Å². The maximum Gasteiger partial charge on any atom is 0.251 e. The van der Waals surface area contributed by atoms with Crippen molar-refractivity contribution in [1.82, 2.24) is 5.32 Å². The summed E-state index contributed by atoms with van der Waals surface area (Å²) in [5.41, 5.74) is 3.81. The molecule has 0 bridgehead atoms. The van der Waals surface area contributed by atoms with Crippen LogP contribution in [0.5, 0.6) is 11.5 Å². The van der Waals surface area contributed by atoms with E-state index in [9.17, 15) is 4.79 Å². The maximum absolute atomic E-state index is 12.2. The van der Waals surface area contributed by atoms with E-state index in [0.717, 1.165) is 23.3 Å². The second kappa shape index (κ2) is 11.5. The molecule has 4 rings (SSSR count). The van der Waals surface area contributed by atoms with E-state index in [1.807, 2.05) is 66.7 Å². The van der Waals surface area contributed by atoms with E-state index in [2.05, 4.69) is 35.6 Å². The third-order valence-corrected chi connectivity index (χ3v) is 5.06. The van der Waals surface area contributed by atoms with E-state index >= 15 is 0 Å². The van der Waals surface area contributed by atoms with Crippen molar-refractivity contribution in [3.8, 4) is 22.6 Å². The number of carbonyl (C=O) groups is 1. The molecule has 0 saturated carbocycles. The zero-order valence-corrected chi connectivity index (χ0v) is 18.4. The Labute approximate surface area is 194 Å². The van der Waals surface area contributed by atoms with E-state index in [1.54, 1.807) is 12.1 Å². The summed E-state index contributed by atoms with van der Waals surface area (Å²) in [4.78, 5) is 12.2. The average molecular weight is 437 g/mol. The van der Waals surface area contributed by atoms with E-state index in [-0.39, 0.29) is 5.91 Å². The molecule has 4 aromatic rings. The van der Waals surface area contributed by atoms with Gasteiger partial charge in [0.25, 0.3) is 5.91 Å². The fourth-order valence-corrected chi connectivity index (χ4v) is 3.37. The molecular weight excluding hydrogens is 410 g/mol. The van der Waals surface area contributed by atoms with Crippen LogP contribution in [0.3, 0.4) is 0 Å².